The molecule has 0 amide bonds. The fourth-order valence-corrected chi connectivity index (χ4v) is 3.26. The first kappa shape index (κ1) is 16.4. The van der Waals surface area contributed by atoms with Crippen LogP contribution in [0.4, 0.5) is 5.69 Å². The van der Waals surface area contributed by atoms with Gasteiger partial charge < -0.3 is 10.2 Å². The van der Waals surface area contributed by atoms with E-state index in [0.717, 1.165) is 18.4 Å². The van der Waals surface area contributed by atoms with Gasteiger partial charge in [0.15, 0.2) is 0 Å². The van der Waals surface area contributed by atoms with Crippen LogP contribution in [0, 0.1) is 11.8 Å². The number of hydrogen-bond donors (Lipinski definition) is 1. The van der Waals surface area contributed by atoms with Gasteiger partial charge in [-0.1, -0.05) is 39.8 Å². The molecule has 0 spiro atoms. The molecule has 1 aromatic carbocycles. The zero-order chi connectivity index (χ0) is 15.2. The molecule has 1 aliphatic heterocycles. The number of anilines is 1. The molecule has 118 valence electrons. The summed E-state index contributed by atoms with van der Waals surface area (Å²) in [5.41, 5.74) is 4.36. The molecule has 21 heavy (non-hydrogen) atoms. The molecule has 0 saturated heterocycles. The largest absolute Gasteiger partial charge is 0.385 e. The van der Waals surface area contributed by atoms with Crippen molar-refractivity contribution in [3.8, 4) is 0 Å². The van der Waals surface area contributed by atoms with Crippen LogP contribution >= 0.6 is 0 Å². The third-order valence-corrected chi connectivity index (χ3v) is 4.07. The smallest absolute Gasteiger partial charge is 0.0372 e. The van der Waals surface area contributed by atoms with E-state index in [0.29, 0.717) is 0 Å². The SMILES string of the molecule is CC(C)CN(CCc1ccc2c(c1)CCCN2)CC(C)C. The molecule has 0 fully saturated rings. The molecule has 1 aliphatic rings. The topological polar surface area (TPSA) is 15.3 Å². The maximum Gasteiger partial charge on any atom is 0.0372 e. The van der Waals surface area contributed by atoms with Gasteiger partial charge in [0.25, 0.3) is 0 Å². The van der Waals surface area contributed by atoms with Crippen molar-refractivity contribution in [3.05, 3.63) is 29.3 Å². The van der Waals surface area contributed by atoms with E-state index in [1.807, 2.05) is 0 Å². The minimum Gasteiger partial charge on any atom is -0.385 e. The van der Waals surface area contributed by atoms with Crippen molar-refractivity contribution >= 4 is 5.69 Å². The molecule has 0 aromatic heterocycles. The highest BCUT2D eigenvalue weighted by molar-refractivity contribution is 5.54. The molecular formula is C19H32N2. The second kappa shape index (κ2) is 7.84. The number of aryl methyl sites for hydroxylation is 1. The molecule has 2 rings (SSSR count). The lowest BCUT2D eigenvalue weighted by Crippen LogP contribution is -2.33. The van der Waals surface area contributed by atoms with Crippen LogP contribution in [0.5, 0.6) is 0 Å². The number of fused-ring (bicyclic) bond motifs is 1. The van der Waals surface area contributed by atoms with Crippen molar-refractivity contribution in [1.29, 1.82) is 0 Å². The lowest BCUT2D eigenvalue weighted by atomic mass is 9.99. The minimum atomic E-state index is 0.747. The Labute approximate surface area is 130 Å². The van der Waals surface area contributed by atoms with E-state index in [4.69, 9.17) is 0 Å². The fourth-order valence-electron chi connectivity index (χ4n) is 3.26. The van der Waals surface area contributed by atoms with Gasteiger partial charge in [-0.2, -0.15) is 0 Å². The van der Waals surface area contributed by atoms with Gasteiger partial charge in [0.2, 0.25) is 0 Å². The average molecular weight is 288 g/mol. The van der Waals surface area contributed by atoms with Gasteiger partial charge >= 0.3 is 0 Å². The summed E-state index contributed by atoms with van der Waals surface area (Å²) in [5, 5.41) is 3.50. The Balaban J connectivity index is 1.93. The summed E-state index contributed by atoms with van der Waals surface area (Å²) >= 11 is 0. The molecule has 1 heterocycles. The lowest BCUT2D eigenvalue weighted by molar-refractivity contribution is 0.222. The number of nitrogens with zero attached hydrogens (tertiary/aromatic N) is 1. The lowest BCUT2D eigenvalue weighted by Gasteiger charge is -2.26. The van der Waals surface area contributed by atoms with Crippen LogP contribution in [0.1, 0.15) is 45.2 Å². The van der Waals surface area contributed by atoms with Gasteiger partial charge in [0.05, 0.1) is 0 Å². The van der Waals surface area contributed by atoms with E-state index in [9.17, 15) is 0 Å². The highest BCUT2D eigenvalue weighted by Crippen LogP contribution is 2.23. The van der Waals surface area contributed by atoms with E-state index in [-0.39, 0.29) is 0 Å². The van der Waals surface area contributed by atoms with Crippen molar-refractivity contribution in [1.82, 2.24) is 4.90 Å². The van der Waals surface area contributed by atoms with Crippen molar-refractivity contribution < 1.29 is 0 Å². The van der Waals surface area contributed by atoms with Crippen LogP contribution in [-0.2, 0) is 12.8 Å². The highest BCUT2D eigenvalue weighted by atomic mass is 15.1. The summed E-state index contributed by atoms with van der Waals surface area (Å²) < 4.78 is 0. The minimum absolute atomic E-state index is 0.747. The number of nitrogens with one attached hydrogen (secondary N) is 1. The Kier molecular flexibility index (Phi) is 6.10. The van der Waals surface area contributed by atoms with Crippen LogP contribution in [0.15, 0.2) is 18.2 Å². The summed E-state index contributed by atoms with van der Waals surface area (Å²) in [5.74, 6) is 1.49. The molecule has 0 bridgehead atoms. The van der Waals surface area contributed by atoms with Crippen LogP contribution in [0.25, 0.3) is 0 Å². The molecular weight excluding hydrogens is 256 g/mol. The van der Waals surface area contributed by atoms with Gasteiger partial charge in [0.1, 0.15) is 0 Å². The van der Waals surface area contributed by atoms with E-state index in [1.54, 1.807) is 0 Å². The Morgan fingerprint density at radius 2 is 1.81 bits per heavy atom. The van der Waals surface area contributed by atoms with Crippen molar-refractivity contribution in [2.75, 3.05) is 31.5 Å². The second-order valence-electron chi connectivity index (χ2n) is 7.32. The molecule has 0 saturated carbocycles. The van der Waals surface area contributed by atoms with Crippen LogP contribution in [-0.4, -0.2) is 31.1 Å². The van der Waals surface area contributed by atoms with E-state index in [2.05, 4.69) is 56.1 Å². The van der Waals surface area contributed by atoms with Crippen molar-refractivity contribution in [3.63, 3.8) is 0 Å². The number of hydrogen-bond acceptors (Lipinski definition) is 2. The van der Waals surface area contributed by atoms with Gasteiger partial charge in [0, 0.05) is 31.9 Å². The maximum absolute atomic E-state index is 3.50. The van der Waals surface area contributed by atoms with E-state index < -0.39 is 0 Å². The number of benzene rings is 1. The maximum atomic E-state index is 3.50. The van der Waals surface area contributed by atoms with Crippen molar-refractivity contribution in [2.24, 2.45) is 11.8 Å². The summed E-state index contributed by atoms with van der Waals surface area (Å²) in [6.07, 6.45) is 3.67. The summed E-state index contributed by atoms with van der Waals surface area (Å²) in [6, 6.07) is 7.00. The molecule has 2 heteroatoms. The highest BCUT2D eigenvalue weighted by Gasteiger charge is 2.12. The Bertz CT molecular complexity index is 427. The van der Waals surface area contributed by atoms with Crippen LogP contribution < -0.4 is 5.32 Å². The first-order chi connectivity index (χ1) is 10.0. The molecule has 0 atom stereocenters. The van der Waals surface area contributed by atoms with Crippen LogP contribution in [0.2, 0.25) is 0 Å². The molecule has 2 nitrogen and oxygen atoms in total. The summed E-state index contributed by atoms with van der Waals surface area (Å²) in [4.78, 5) is 2.63. The normalized spacial score (nSPS) is 14.6. The Morgan fingerprint density at radius 1 is 1.10 bits per heavy atom. The van der Waals surface area contributed by atoms with E-state index >= 15 is 0 Å². The predicted molar refractivity (Wildman–Crippen MR) is 93.1 cm³/mol. The van der Waals surface area contributed by atoms with Gasteiger partial charge in [-0.3, -0.25) is 0 Å². The third kappa shape index (κ3) is 5.35. The van der Waals surface area contributed by atoms with Crippen molar-refractivity contribution in [2.45, 2.75) is 47.0 Å². The van der Waals surface area contributed by atoms with Gasteiger partial charge in [-0.05, 0) is 48.3 Å². The third-order valence-electron chi connectivity index (χ3n) is 4.07. The summed E-state index contributed by atoms with van der Waals surface area (Å²) in [7, 11) is 0. The molecule has 1 aromatic rings. The second-order valence-corrected chi connectivity index (χ2v) is 7.32. The average Bonchev–Trinajstić information content (AvgIpc) is 2.43. The molecule has 0 unspecified atom stereocenters. The van der Waals surface area contributed by atoms with Gasteiger partial charge in [-0.25, -0.2) is 0 Å². The standard InChI is InChI=1S/C19H32N2/c1-15(2)13-21(14-16(3)4)11-9-17-7-8-19-18(12-17)6-5-10-20-19/h7-8,12,15-16,20H,5-6,9-11,13-14H2,1-4H3. The number of rotatable bonds is 7. The zero-order valence-corrected chi connectivity index (χ0v) is 14.3. The quantitative estimate of drug-likeness (QED) is 0.809. The van der Waals surface area contributed by atoms with Crippen LogP contribution in [0.3, 0.4) is 0 Å². The molecule has 1 N–H and O–H groups in total. The Morgan fingerprint density at radius 3 is 2.48 bits per heavy atom. The zero-order valence-electron chi connectivity index (χ0n) is 14.3. The van der Waals surface area contributed by atoms with Gasteiger partial charge in [-0.15, -0.1) is 0 Å². The van der Waals surface area contributed by atoms with E-state index in [1.165, 1.54) is 55.7 Å². The molecule has 0 aliphatic carbocycles. The summed E-state index contributed by atoms with van der Waals surface area (Å²) in [6.45, 7) is 14.0. The Hall–Kier alpha value is -1.02. The first-order valence-electron chi connectivity index (χ1n) is 8.62. The monoisotopic (exact) mass is 288 g/mol. The fraction of sp³-hybridized carbons (Fsp3) is 0.684. The first-order valence-corrected chi connectivity index (χ1v) is 8.62. The predicted octanol–water partition coefficient (Wildman–Crippen LogP) is 4.20. The molecule has 0 radical (unpaired) electrons.